The quantitative estimate of drug-likeness (QED) is 0.705. The molecule has 0 amide bonds. The van der Waals surface area contributed by atoms with E-state index < -0.39 is 0 Å². The number of carbonyl (C=O) groups excluding carboxylic acids is 1. The molecule has 2 rings (SSSR count). The van der Waals surface area contributed by atoms with Crippen molar-refractivity contribution >= 4 is 5.78 Å². The summed E-state index contributed by atoms with van der Waals surface area (Å²) in [5, 5.41) is 0. The molecule has 2 saturated heterocycles. The minimum Gasteiger partial charge on any atom is -0.380 e. The molecule has 0 aliphatic carbocycles. The van der Waals surface area contributed by atoms with E-state index in [1.807, 2.05) is 0 Å². The highest BCUT2D eigenvalue weighted by Crippen LogP contribution is 2.21. The van der Waals surface area contributed by atoms with Crippen LogP contribution in [0.15, 0.2) is 0 Å². The smallest absolute Gasteiger partial charge is 0.141 e. The van der Waals surface area contributed by atoms with Crippen molar-refractivity contribution in [2.45, 2.75) is 26.2 Å². The van der Waals surface area contributed by atoms with E-state index >= 15 is 0 Å². The number of rotatable bonds is 3. The van der Waals surface area contributed by atoms with Crippen LogP contribution in [0.3, 0.4) is 0 Å². The first-order chi connectivity index (χ1) is 7.29. The summed E-state index contributed by atoms with van der Waals surface area (Å²) in [7, 11) is 0. The van der Waals surface area contributed by atoms with Crippen LogP contribution in [0.4, 0.5) is 0 Å². The average Bonchev–Trinajstić information content (AvgIpc) is 2.69. The molecule has 3 nitrogen and oxygen atoms in total. The Kier molecular flexibility index (Phi) is 3.76. The lowest BCUT2D eigenvalue weighted by Crippen LogP contribution is -2.37. The second-order valence-electron chi connectivity index (χ2n) is 4.81. The number of ketones is 1. The van der Waals surface area contributed by atoms with Gasteiger partial charge in [-0.3, -0.25) is 4.79 Å². The average molecular weight is 211 g/mol. The Bertz CT molecular complexity index is 230. The van der Waals surface area contributed by atoms with Gasteiger partial charge in [-0.15, -0.1) is 0 Å². The molecule has 0 saturated carbocycles. The summed E-state index contributed by atoms with van der Waals surface area (Å²) < 4.78 is 5.37. The lowest BCUT2D eigenvalue weighted by molar-refractivity contribution is -0.131. The third-order valence-electron chi connectivity index (χ3n) is 3.69. The van der Waals surface area contributed by atoms with Crippen molar-refractivity contribution in [3.8, 4) is 0 Å². The molecule has 0 aromatic carbocycles. The van der Waals surface area contributed by atoms with E-state index in [4.69, 9.17) is 4.74 Å². The third-order valence-corrected chi connectivity index (χ3v) is 3.69. The topological polar surface area (TPSA) is 29.5 Å². The minimum atomic E-state index is 0.148. The summed E-state index contributed by atoms with van der Waals surface area (Å²) >= 11 is 0. The van der Waals surface area contributed by atoms with Gasteiger partial charge in [0, 0.05) is 19.5 Å². The predicted octanol–water partition coefficient (Wildman–Crippen LogP) is 1.32. The Labute approximate surface area is 91.8 Å². The molecule has 2 heterocycles. The fourth-order valence-electron chi connectivity index (χ4n) is 2.57. The van der Waals surface area contributed by atoms with E-state index in [9.17, 15) is 4.79 Å². The maximum atomic E-state index is 11.6. The van der Waals surface area contributed by atoms with E-state index in [0.717, 1.165) is 12.5 Å². The molecular formula is C12H21NO2. The van der Waals surface area contributed by atoms with Crippen LogP contribution in [-0.4, -0.2) is 43.5 Å². The Morgan fingerprint density at radius 1 is 1.53 bits per heavy atom. The van der Waals surface area contributed by atoms with Crippen LogP contribution in [0, 0.1) is 11.8 Å². The standard InChI is InChI=1S/C12H21NO2/c1-2-10-3-5-13(7-10)8-11-9-15-6-4-12(11)14/h10-11H,2-9H2,1H3. The van der Waals surface area contributed by atoms with Crippen molar-refractivity contribution in [2.24, 2.45) is 11.8 Å². The summed E-state index contributed by atoms with van der Waals surface area (Å²) in [6, 6.07) is 0. The van der Waals surface area contributed by atoms with Gasteiger partial charge in [0.25, 0.3) is 0 Å². The fraction of sp³-hybridized carbons (Fsp3) is 0.917. The molecule has 0 bridgehead atoms. The molecule has 0 aromatic heterocycles. The molecule has 2 fully saturated rings. The molecule has 0 aromatic rings. The van der Waals surface area contributed by atoms with Gasteiger partial charge in [-0.1, -0.05) is 13.3 Å². The van der Waals surface area contributed by atoms with Crippen LogP contribution in [0.25, 0.3) is 0 Å². The monoisotopic (exact) mass is 211 g/mol. The Balaban J connectivity index is 1.79. The van der Waals surface area contributed by atoms with Gasteiger partial charge >= 0.3 is 0 Å². The lowest BCUT2D eigenvalue weighted by atomic mass is 10.00. The third kappa shape index (κ3) is 2.79. The van der Waals surface area contributed by atoms with E-state index in [2.05, 4.69) is 11.8 Å². The number of hydrogen-bond acceptors (Lipinski definition) is 3. The van der Waals surface area contributed by atoms with Gasteiger partial charge in [-0.05, 0) is 18.9 Å². The molecule has 0 N–H and O–H groups in total. The normalized spacial score (nSPS) is 33.5. The zero-order chi connectivity index (χ0) is 10.7. The van der Waals surface area contributed by atoms with E-state index in [1.165, 1.54) is 25.9 Å². The summed E-state index contributed by atoms with van der Waals surface area (Å²) in [4.78, 5) is 14.1. The van der Waals surface area contributed by atoms with Gasteiger partial charge in [0.15, 0.2) is 0 Å². The van der Waals surface area contributed by atoms with Crippen LogP contribution >= 0.6 is 0 Å². The molecule has 2 aliphatic heterocycles. The van der Waals surface area contributed by atoms with Crippen molar-refractivity contribution in [3.05, 3.63) is 0 Å². The van der Waals surface area contributed by atoms with Crippen LogP contribution in [0.5, 0.6) is 0 Å². The predicted molar refractivity (Wildman–Crippen MR) is 58.8 cm³/mol. The van der Waals surface area contributed by atoms with Crippen molar-refractivity contribution in [1.29, 1.82) is 0 Å². The van der Waals surface area contributed by atoms with Crippen LogP contribution in [-0.2, 0) is 9.53 Å². The summed E-state index contributed by atoms with van der Waals surface area (Å²) in [5.74, 6) is 1.40. The fourth-order valence-corrected chi connectivity index (χ4v) is 2.57. The molecule has 2 aliphatic rings. The molecule has 86 valence electrons. The molecule has 15 heavy (non-hydrogen) atoms. The van der Waals surface area contributed by atoms with Crippen LogP contribution in [0.1, 0.15) is 26.2 Å². The second kappa shape index (κ2) is 5.08. The van der Waals surface area contributed by atoms with Crippen molar-refractivity contribution < 1.29 is 9.53 Å². The summed E-state index contributed by atoms with van der Waals surface area (Å²) in [5.41, 5.74) is 0. The van der Waals surface area contributed by atoms with E-state index in [1.54, 1.807) is 0 Å². The first-order valence-corrected chi connectivity index (χ1v) is 6.12. The molecule has 2 unspecified atom stereocenters. The highest BCUT2D eigenvalue weighted by Gasteiger charge is 2.28. The number of Topliss-reactive ketones (excluding diaryl/α,β-unsaturated/α-hetero) is 1. The summed E-state index contributed by atoms with van der Waals surface area (Å²) in [6.07, 6.45) is 3.19. The van der Waals surface area contributed by atoms with Crippen molar-refractivity contribution in [1.82, 2.24) is 4.90 Å². The van der Waals surface area contributed by atoms with Gasteiger partial charge in [-0.2, -0.15) is 0 Å². The number of carbonyl (C=O) groups is 1. The largest absolute Gasteiger partial charge is 0.380 e. The van der Waals surface area contributed by atoms with Gasteiger partial charge < -0.3 is 9.64 Å². The lowest BCUT2D eigenvalue weighted by Gasteiger charge is -2.25. The zero-order valence-corrected chi connectivity index (χ0v) is 9.58. The molecule has 2 atom stereocenters. The van der Waals surface area contributed by atoms with E-state index in [0.29, 0.717) is 25.4 Å². The van der Waals surface area contributed by atoms with Crippen molar-refractivity contribution in [3.63, 3.8) is 0 Å². The van der Waals surface area contributed by atoms with E-state index in [-0.39, 0.29) is 5.92 Å². The molecular weight excluding hydrogens is 190 g/mol. The van der Waals surface area contributed by atoms with Gasteiger partial charge in [-0.25, -0.2) is 0 Å². The van der Waals surface area contributed by atoms with Crippen LogP contribution < -0.4 is 0 Å². The molecule has 0 spiro atoms. The minimum absolute atomic E-state index is 0.148. The Hall–Kier alpha value is -0.410. The number of ether oxygens (including phenoxy) is 1. The van der Waals surface area contributed by atoms with Crippen molar-refractivity contribution in [2.75, 3.05) is 32.8 Å². The van der Waals surface area contributed by atoms with Gasteiger partial charge in [0.05, 0.1) is 19.1 Å². The highest BCUT2D eigenvalue weighted by molar-refractivity contribution is 5.82. The SMILES string of the molecule is CCC1CCN(CC2COCCC2=O)C1. The number of hydrogen-bond donors (Lipinski definition) is 0. The maximum absolute atomic E-state index is 11.6. The van der Waals surface area contributed by atoms with Crippen LogP contribution in [0.2, 0.25) is 0 Å². The maximum Gasteiger partial charge on any atom is 0.141 e. The molecule has 3 heteroatoms. The highest BCUT2D eigenvalue weighted by atomic mass is 16.5. The second-order valence-corrected chi connectivity index (χ2v) is 4.81. The zero-order valence-electron chi connectivity index (χ0n) is 9.58. The Morgan fingerprint density at radius 2 is 2.40 bits per heavy atom. The number of likely N-dealkylation sites (tertiary alicyclic amines) is 1. The van der Waals surface area contributed by atoms with Gasteiger partial charge in [0.2, 0.25) is 0 Å². The Morgan fingerprint density at radius 3 is 3.07 bits per heavy atom. The van der Waals surface area contributed by atoms with Gasteiger partial charge in [0.1, 0.15) is 5.78 Å². The first kappa shape index (κ1) is 11.1. The molecule has 0 radical (unpaired) electrons. The number of nitrogens with zero attached hydrogens (tertiary/aromatic N) is 1. The first-order valence-electron chi connectivity index (χ1n) is 6.12. The summed E-state index contributed by atoms with van der Waals surface area (Å²) in [6.45, 7) is 6.81.